The summed E-state index contributed by atoms with van der Waals surface area (Å²) in [6.07, 6.45) is 0. The zero-order valence-corrected chi connectivity index (χ0v) is 9.59. The lowest BCUT2D eigenvalue weighted by molar-refractivity contribution is 0.0611. The Kier molecular flexibility index (Phi) is 5.69. The summed E-state index contributed by atoms with van der Waals surface area (Å²) in [4.78, 5) is 0. The van der Waals surface area contributed by atoms with Gasteiger partial charge in [0.1, 0.15) is 0 Å². The lowest BCUT2D eigenvalue weighted by atomic mass is 10.7. The average molecular weight is 193 g/mol. The van der Waals surface area contributed by atoms with Crippen LogP contribution >= 0.6 is 0 Å². The maximum Gasteiger partial charge on any atom is 0.598 e. The summed E-state index contributed by atoms with van der Waals surface area (Å²) in [5.74, 6) is 0. The van der Waals surface area contributed by atoms with Crippen LogP contribution in [0, 0.1) is 0 Å². The van der Waals surface area contributed by atoms with Crippen molar-refractivity contribution in [1.29, 1.82) is 0 Å². The second-order valence-electron chi connectivity index (χ2n) is 2.31. The van der Waals surface area contributed by atoms with Gasteiger partial charge in [0.15, 0.2) is 0 Å². The fraction of sp³-hybridized carbons (Fsp3) is 1.00. The van der Waals surface area contributed by atoms with Crippen LogP contribution in [0.3, 0.4) is 0 Å². The first-order chi connectivity index (χ1) is 5.70. The van der Waals surface area contributed by atoms with Gasteiger partial charge in [0, 0.05) is 21.3 Å². The normalized spacial score (nSPS) is 12.5. The molecule has 0 saturated heterocycles. The van der Waals surface area contributed by atoms with Crippen LogP contribution < -0.4 is 0 Å². The van der Waals surface area contributed by atoms with E-state index in [9.17, 15) is 0 Å². The van der Waals surface area contributed by atoms with E-state index >= 15 is 0 Å². The maximum atomic E-state index is 5.30. The molecule has 0 aromatic carbocycles. The van der Waals surface area contributed by atoms with E-state index in [1.807, 2.05) is 0 Å². The van der Waals surface area contributed by atoms with Gasteiger partial charge in [0.25, 0.3) is 0 Å². The molecule has 0 fully saturated rings. The average Bonchev–Trinajstić information content (AvgIpc) is 2.14. The van der Waals surface area contributed by atoms with Gasteiger partial charge in [-0.3, -0.25) is 4.57 Å². The van der Waals surface area contributed by atoms with Crippen molar-refractivity contribution < 1.29 is 13.3 Å². The minimum Gasteiger partial charge on any atom is -0.364 e. The molecule has 0 unspecified atom stereocenters. The van der Waals surface area contributed by atoms with Crippen LogP contribution in [-0.4, -0.2) is 48.0 Å². The predicted octanol–water partition coefficient (Wildman–Crippen LogP) is 0.703. The van der Waals surface area contributed by atoms with Crippen LogP contribution in [0.5, 0.6) is 0 Å². The highest BCUT2D eigenvalue weighted by Crippen LogP contribution is 2.11. The summed E-state index contributed by atoms with van der Waals surface area (Å²) in [6, 6.07) is 0. The highest BCUT2D eigenvalue weighted by molar-refractivity contribution is 6.57. The molecule has 0 N–H and O–H groups in total. The Bertz CT molecular complexity index is 107. The lowest BCUT2D eigenvalue weighted by Gasteiger charge is -2.33. The smallest absolute Gasteiger partial charge is 0.364 e. The van der Waals surface area contributed by atoms with Gasteiger partial charge in [-0.05, 0) is 13.1 Å². The Morgan fingerprint density at radius 1 is 0.917 bits per heavy atom. The van der Waals surface area contributed by atoms with Crippen LogP contribution in [-0.2, 0) is 13.3 Å². The highest BCUT2D eigenvalue weighted by atomic mass is 28.4. The van der Waals surface area contributed by atoms with E-state index in [1.165, 1.54) is 0 Å². The summed E-state index contributed by atoms with van der Waals surface area (Å²) in [5.41, 5.74) is 0. The Balaban J connectivity index is 4.42. The minimum absolute atomic E-state index is 0.873. The van der Waals surface area contributed by atoms with Crippen molar-refractivity contribution >= 4 is 8.97 Å². The summed E-state index contributed by atoms with van der Waals surface area (Å²) in [5, 5.41) is 0. The van der Waals surface area contributed by atoms with Gasteiger partial charge >= 0.3 is 8.97 Å². The first-order valence-electron chi connectivity index (χ1n) is 4.11. The van der Waals surface area contributed by atoms with Crippen LogP contribution in [0.25, 0.3) is 0 Å². The van der Waals surface area contributed by atoms with Gasteiger partial charge < -0.3 is 13.3 Å². The Morgan fingerprint density at radius 3 is 1.33 bits per heavy atom. The zero-order valence-electron chi connectivity index (χ0n) is 8.59. The molecule has 74 valence electrons. The third kappa shape index (κ3) is 2.27. The molecule has 0 radical (unpaired) electrons. The molecule has 0 bridgehead atoms. The second-order valence-corrected chi connectivity index (χ2v) is 5.21. The minimum atomic E-state index is -2.51. The standard InChI is InChI=1S/C7H19NO3Si/c1-6-8(7-2)12(9-3,10-4)11-5/h6-7H2,1-5H3. The summed E-state index contributed by atoms with van der Waals surface area (Å²) in [7, 11) is 2.35. The van der Waals surface area contributed by atoms with Crippen LogP contribution in [0.1, 0.15) is 13.8 Å². The molecule has 0 heterocycles. The third-order valence-corrected chi connectivity index (χ3v) is 4.88. The molecular formula is C7H19NO3Si. The first kappa shape index (κ1) is 12.1. The van der Waals surface area contributed by atoms with E-state index in [0.29, 0.717) is 0 Å². The monoisotopic (exact) mass is 193 g/mol. The third-order valence-electron chi connectivity index (χ3n) is 1.92. The number of nitrogens with zero attached hydrogens (tertiary/aromatic N) is 1. The summed E-state index contributed by atoms with van der Waals surface area (Å²) in [6.45, 7) is 5.86. The molecule has 0 aliphatic carbocycles. The summed E-state index contributed by atoms with van der Waals surface area (Å²) < 4.78 is 18.0. The van der Waals surface area contributed by atoms with Crippen LogP contribution in [0.15, 0.2) is 0 Å². The van der Waals surface area contributed by atoms with Crippen LogP contribution in [0.2, 0.25) is 0 Å². The first-order valence-corrected chi connectivity index (χ1v) is 5.78. The fourth-order valence-electron chi connectivity index (χ4n) is 1.25. The van der Waals surface area contributed by atoms with Crippen molar-refractivity contribution in [2.45, 2.75) is 13.8 Å². The molecule has 0 aliphatic heterocycles. The van der Waals surface area contributed by atoms with Gasteiger partial charge in [-0.1, -0.05) is 13.8 Å². The molecule has 0 spiro atoms. The van der Waals surface area contributed by atoms with Crippen LogP contribution in [0.4, 0.5) is 0 Å². The number of hydrogen-bond donors (Lipinski definition) is 0. The van der Waals surface area contributed by atoms with Crippen molar-refractivity contribution in [1.82, 2.24) is 4.57 Å². The molecule has 0 saturated carbocycles. The van der Waals surface area contributed by atoms with Gasteiger partial charge in [0.05, 0.1) is 0 Å². The van der Waals surface area contributed by atoms with Crippen molar-refractivity contribution in [2.24, 2.45) is 0 Å². The number of hydrogen-bond acceptors (Lipinski definition) is 4. The van der Waals surface area contributed by atoms with E-state index in [-0.39, 0.29) is 0 Å². The number of rotatable bonds is 6. The highest BCUT2D eigenvalue weighted by Gasteiger charge is 2.44. The molecule has 5 heteroatoms. The summed E-state index contributed by atoms with van der Waals surface area (Å²) >= 11 is 0. The van der Waals surface area contributed by atoms with Crippen molar-refractivity contribution in [3.63, 3.8) is 0 Å². The Morgan fingerprint density at radius 2 is 1.25 bits per heavy atom. The molecule has 0 aromatic heterocycles. The molecule has 0 aliphatic rings. The predicted molar refractivity (Wildman–Crippen MR) is 49.7 cm³/mol. The van der Waals surface area contributed by atoms with Gasteiger partial charge in [-0.15, -0.1) is 0 Å². The quantitative estimate of drug-likeness (QED) is 0.581. The molecular weight excluding hydrogens is 174 g/mol. The Hall–Kier alpha value is 0.0569. The molecule has 4 nitrogen and oxygen atoms in total. The topological polar surface area (TPSA) is 30.9 Å². The molecule has 0 amide bonds. The van der Waals surface area contributed by atoms with E-state index in [4.69, 9.17) is 13.3 Å². The zero-order chi connectivity index (χ0) is 9.61. The van der Waals surface area contributed by atoms with Gasteiger partial charge in [0.2, 0.25) is 0 Å². The molecule has 0 aromatic rings. The Labute approximate surface area is 75.9 Å². The van der Waals surface area contributed by atoms with E-state index in [0.717, 1.165) is 13.1 Å². The fourth-order valence-corrected chi connectivity index (χ4v) is 3.30. The molecule has 0 rings (SSSR count). The van der Waals surface area contributed by atoms with E-state index in [1.54, 1.807) is 21.3 Å². The van der Waals surface area contributed by atoms with Crippen molar-refractivity contribution in [3.8, 4) is 0 Å². The van der Waals surface area contributed by atoms with E-state index in [2.05, 4.69) is 18.4 Å². The molecule has 12 heavy (non-hydrogen) atoms. The van der Waals surface area contributed by atoms with Crippen molar-refractivity contribution in [3.05, 3.63) is 0 Å². The van der Waals surface area contributed by atoms with Crippen molar-refractivity contribution in [2.75, 3.05) is 34.4 Å². The van der Waals surface area contributed by atoms with Gasteiger partial charge in [-0.2, -0.15) is 0 Å². The van der Waals surface area contributed by atoms with Gasteiger partial charge in [-0.25, -0.2) is 0 Å². The van der Waals surface area contributed by atoms with E-state index < -0.39 is 8.97 Å². The second kappa shape index (κ2) is 5.66. The SMILES string of the molecule is CCN(CC)[Si](OC)(OC)OC. The maximum absolute atomic E-state index is 5.30. The largest absolute Gasteiger partial charge is 0.598 e. The molecule has 0 atom stereocenters. The lowest BCUT2D eigenvalue weighted by Crippen LogP contribution is -2.59.